The van der Waals surface area contributed by atoms with Crippen molar-refractivity contribution in [2.75, 3.05) is 39.5 Å². The molecule has 5 nitrogen and oxygen atoms in total. The average Bonchev–Trinajstić information content (AvgIpc) is 2.92. The number of nitrogens with zero attached hydrogens (tertiary/aromatic N) is 1. The van der Waals surface area contributed by atoms with Crippen LogP contribution in [0.5, 0.6) is 0 Å². The van der Waals surface area contributed by atoms with Crippen LogP contribution in [0, 0.1) is 17.8 Å². The van der Waals surface area contributed by atoms with E-state index in [2.05, 4.69) is 67.2 Å². The van der Waals surface area contributed by atoms with Crippen LogP contribution in [0.1, 0.15) is 178 Å². The average molecular weight is 620 g/mol. The SMILES string of the molecule is CC(C)CCCCCN(CCCCCC(C)C)CCCCCC(C)C.CCCCOP(=O)(OCCCC)OCCCC. The van der Waals surface area contributed by atoms with Crippen LogP contribution < -0.4 is 0 Å². The molecule has 0 amide bonds. The molecule has 0 aliphatic heterocycles. The van der Waals surface area contributed by atoms with Gasteiger partial charge in [0.2, 0.25) is 0 Å². The first kappa shape index (κ1) is 44.2. The number of hydrogen-bond donors (Lipinski definition) is 0. The van der Waals surface area contributed by atoms with E-state index in [9.17, 15) is 4.57 Å². The summed E-state index contributed by atoms with van der Waals surface area (Å²) in [4.78, 5) is 2.78. The van der Waals surface area contributed by atoms with E-state index in [0.717, 1.165) is 56.3 Å². The van der Waals surface area contributed by atoms with Gasteiger partial charge in [0, 0.05) is 0 Å². The zero-order chi connectivity index (χ0) is 31.9. The Balaban J connectivity index is 0. The van der Waals surface area contributed by atoms with E-state index in [1.807, 2.05) is 0 Å². The summed E-state index contributed by atoms with van der Waals surface area (Å²) in [6.45, 7) is 25.6. The Hall–Kier alpha value is 0.0700. The summed E-state index contributed by atoms with van der Waals surface area (Å²) in [6, 6.07) is 0. The molecule has 0 aromatic carbocycles. The van der Waals surface area contributed by atoms with Crippen LogP contribution in [0.4, 0.5) is 0 Å². The molecule has 0 aliphatic carbocycles. The second kappa shape index (κ2) is 32.5. The molecule has 0 bridgehead atoms. The summed E-state index contributed by atoms with van der Waals surface area (Å²) in [7, 11) is -3.31. The normalized spacial score (nSPS) is 12.1. The summed E-state index contributed by atoms with van der Waals surface area (Å²) in [5, 5.41) is 0. The summed E-state index contributed by atoms with van der Waals surface area (Å²) in [6.07, 6.45) is 22.6. The van der Waals surface area contributed by atoms with Crippen molar-refractivity contribution in [1.29, 1.82) is 0 Å². The van der Waals surface area contributed by atoms with Gasteiger partial charge in [0.25, 0.3) is 0 Å². The number of phosphoric ester groups is 1. The van der Waals surface area contributed by atoms with E-state index < -0.39 is 7.82 Å². The molecular weight excluding hydrogens is 541 g/mol. The van der Waals surface area contributed by atoms with Crippen LogP contribution >= 0.6 is 7.82 Å². The van der Waals surface area contributed by atoms with Gasteiger partial charge in [0.05, 0.1) is 19.8 Å². The largest absolute Gasteiger partial charge is 0.474 e. The first-order chi connectivity index (χ1) is 20.1. The van der Waals surface area contributed by atoms with E-state index in [1.165, 1.54) is 96.7 Å². The molecule has 0 saturated carbocycles. The van der Waals surface area contributed by atoms with Crippen LogP contribution in [0.25, 0.3) is 0 Å². The molecule has 6 heteroatoms. The molecule has 0 rings (SSSR count). The summed E-state index contributed by atoms with van der Waals surface area (Å²) in [5.74, 6) is 2.62. The van der Waals surface area contributed by atoms with Gasteiger partial charge in [-0.15, -0.1) is 0 Å². The first-order valence-electron chi connectivity index (χ1n) is 18.4. The molecular formula is C36H78NO4P. The lowest BCUT2D eigenvalue weighted by atomic mass is 10.0. The minimum atomic E-state index is -3.31. The van der Waals surface area contributed by atoms with Crippen molar-refractivity contribution in [2.24, 2.45) is 17.8 Å². The molecule has 256 valence electrons. The third kappa shape index (κ3) is 34.6. The van der Waals surface area contributed by atoms with Gasteiger partial charge in [-0.05, 0) is 75.9 Å². The van der Waals surface area contributed by atoms with Crippen molar-refractivity contribution < 1.29 is 18.1 Å². The van der Waals surface area contributed by atoms with E-state index in [-0.39, 0.29) is 0 Å². The fraction of sp³-hybridized carbons (Fsp3) is 1.00. The number of rotatable bonds is 30. The van der Waals surface area contributed by atoms with Gasteiger partial charge < -0.3 is 4.90 Å². The highest BCUT2D eigenvalue weighted by Crippen LogP contribution is 2.49. The van der Waals surface area contributed by atoms with Crippen LogP contribution in [0.15, 0.2) is 0 Å². The maximum Gasteiger partial charge on any atom is 0.474 e. The molecule has 0 spiro atoms. The van der Waals surface area contributed by atoms with Crippen LogP contribution in [-0.2, 0) is 18.1 Å². The molecule has 0 aromatic rings. The lowest BCUT2D eigenvalue weighted by Gasteiger charge is -2.22. The van der Waals surface area contributed by atoms with Gasteiger partial charge in [0.1, 0.15) is 0 Å². The Morgan fingerprint density at radius 3 is 0.976 bits per heavy atom. The number of phosphoric acid groups is 1. The van der Waals surface area contributed by atoms with E-state index >= 15 is 0 Å². The van der Waals surface area contributed by atoms with Gasteiger partial charge in [0.15, 0.2) is 0 Å². The molecule has 0 aromatic heterocycles. The Morgan fingerprint density at radius 2 is 0.738 bits per heavy atom. The smallest absolute Gasteiger partial charge is 0.303 e. The second-order valence-electron chi connectivity index (χ2n) is 13.6. The molecule has 42 heavy (non-hydrogen) atoms. The highest BCUT2D eigenvalue weighted by molar-refractivity contribution is 7.48. The predicted octanol–water partition coefficient (Wildman–Crippen LogP) is 12.5. The minimum Gasteiger partial charge on any atom is -0.303 e. The van der Waals surface area contributed by atoms with Crippen LogP contribution in [0.2, 0.25) is 0 Å². The van der Waals surface area contributed by atoms with Gasteiger partial charge in [-0.1, -0.05) is 139 Å². The highest BCUT2D eigenvalue weighted by Gasteiger charge is 2.25. The maximum absolute atomic E-state index is 12.2. The van der Waals surface area contributed by atoms with Gasteiger partial charge in [-0.25, -0.2) is 4.57 Å². The highest BCUT2D eigenvalue weighted by atomic mass is 31.2. The fourth-order valence-corrected chi connectivity index (χ4v) is 5.89. The second-order valence-corrected chi connectivity index (χ2v) is 15.2. The van der Waals surface area contributed by atoms with Crippen LogP contribution in [0.3, 0.4) is 0 Å². The number of unbranched alkanes of at least 4 members (excludes halogenated alkanes) is 9. The standard InChI is InChI=1S/C24H51N.C12H27O4P/c1-22(2)16-10-7-13-19-25(20-14-8-11-17-23(3)4)21-15-9-12-18-24(5)6;1-4-7-10-14-17(13,15-11-8-5-2)16-12-9-6-3/h22-24H,7-21H2,1-6H3;4-12H2,1-3H3. The summed E-state index contributed by atoms with van der Waals surface area (Å²) in [5.41, 5.74) is 0. The third-order valence-corrected chi connectivity index (χ3v) is 9.01. The molecule has 0 fully saturated rings. The third-order valence-electron chi connectivity index (χ3n) is 7.51. The lowest BCUT2D eigenvalue weighted by molar-refractivity contribution is 0.110. The predicted molar refractivity (Wildman–Crippen MR) is 187 cm³/mol. The van der Waals surface area contributed by atoms with Crippen molar-refractivity contribution in [3.8, 4) is 0 Å². The zero-order valence-corrected chi connectivity index (χ0v) is 31.1. The fourth-order valence-electron chi connectivity index (χ4n) is 4.60. The van der Waals surface area contributed by atoms with Crippen molar-refractivity contribution in [3.05, 3.63) is 0 Å². The number of hydrogen-bond acceptors (Lipinski definition) is 5. The van der Waals surface area contributed by atoms with Crippen molar-refractivity contribution >= 4 is 7.82 Å². The van der Waals surface area contributed by atoms with E-state index in [1.54, 1.807) is 0 Å². The quantitative estimate of drug-likeness (QED) is 0.0591. The van der Waals surface area contributed by atoms with Gasteiger partial charge >= 0.3 is 7.82 Å². The van der Waals surface area contributed by atoms with Crippen molar-refractivity contribution in [2.45, 2.75) is 178 Å². The summed E-state index contributed by atoms with van der Waals surface area (Å²) < 4.78 is 28.0. The molecule has 0 aliphatic rings. The molecule has 0 radical (unpaired) electrons. The van der Waals surface area contributed by atoms with Crippen molar-refractivity contribution in [1.82, 2.24) is 4.90 Å². The Labute approximate surface area is 265 Å². The zero-order valence-electron chi connectivity index (χ0n) is 30.2. The first-order valence-corrected chi connectivity index (χ1v) is 19.8. The Kier molecular flexibility index (Phi) is 34.2. The Bertz CT molecular complexity index is 495. The topological polar surface area (TPSA) is 48.0 Å². The monoisotopic (exact) mass is 620 g/mol. The van der Waals surface area contributed by atoms with Crippen LogP contribution in [-0.4, -0.2) is 44.4 Å². The molecule has 0 unspecified atom stereocenters. The Morgan fingerprint density at radius 1 is 0.452 bits per heavy atom. The molecule has 0 saturated heterocycles. The molecule has 0 atom stereocenters. The maximum atomic E-state index is 12.2. The van der Waals surface area contributed by atoms with Gasteiger partial charge in [-0.2, -0.15) is 0 Å². The van der Waals surface area contributed by atoms with Crippen molar-refractivity contribution in [3.63, 3.8) is 0 Å². The molecule has 0 N–H and O–H groups in total. The van der Waals surface area contributed by atoms with E-state index in [4.69, 9.17) is 13.6 Å². The minimum absolute atomic E-state index is 0.437. The van der Waals surface area contributed by atoms with E-state index in [0.29, 0.717) is 19.8 Å². The molecule has 0 heterocycles. The lowest BCUT2D eigenvalue weighted by Crippen LogP contribution is -2.27. The summed E-state index contributed by atoms with van der Waals surface area (Å²) >= 11 is 0. The van der Waals surface area contributed by atoms with Gasteiger partial charge in [-0.3, -0.25) is 13.6 Å².